The van der Waals surface area contributed by atoms with E-state index in [0.717, 1.165) is 44.7 Å². The van der Waals surface area contributed by atoms with Gasteiger partial charge in [0.25, 0.3) is 0 Å². The highest BCUT2D eigenvalue weighted by atomic mass is 32.2. The molecule has 0 aromatic carbocycles. The van der Waals surface area contributed by atoms with E-state index in [2.05, 4.69) is 16.5 Å². The minimum absolute atomic E-state index is 0.377. The number of unbranched alkanes of at least 4 members (excludes halogenated alkanes) is 1. The summed E-state index contributed by atoms with van der Waals surface area (Å²) >= 11 is 1.87. The van der Waals surface area contributed by atoms with Gasteiger partial charge in [-0.15, -0.1) is 0 Å². The lowest BCUT2D eigenvalue weighted by molar-refractivity contribution is -0.132. The van der Waals surface area contributed by atoms with Gasteiger partial charge in [-0.05, 0) is 63.0 Å². The highest BCUT2D eigenvalue weighted by Gasteiger charge is 2.25. The summed E-state index contributed by atoms with van der Waals surface area (Å²) in [5.74, 6) is 2.51. The molecule has 1 saturated heterocycles. The fraction of sp³-hybridized carbons (Fsp3) is 0.933. The molecular weight excluding hydrogens is 256 g/mol. The Morgan fingerprint density at radius 2 is 1.95 bits per heavy atom. The van der Waals surface area contributed by atoms with Gasteiger partial charge in [-0.2, -0.15) is 11.8 Å². The van der Waals surface area contributed by atoms with Gasteiger partial charge in [0, 0.05) is 25.6 Å². The van der Waals surface area contributed by atoms with Crippen molar-refractivity contribution in [2.75, 3.05) is 31.6 Å². The second kappa shape index (κ2) is 8.15. The summed E-state index contributed by atoms with van der Waals surface area (Å²) in [5.41, 5.74) is 0. The lowest BCUT2D eigenvalue weighted by Gasteiger charge is -2.32. The van der Waals surface area contributed by atoms with E-state index in [4.69, 9.17) is 0 Å². The van der Waals surface area contributed by atoms with Crippen molar-refractivity contribution in [3.63, 3.8) is 0 Å². The molecule has 1 aliphatic heterocycles. The smallest absolute Gasteiger partial charge is 0.222 e. The van der Waals surface area contributed by atoms with E-state index in [1.54, 1.807) is 0 Å². The fourth-order valence-corrected chi connectivity index (χ4v) is 3.16. The van der Waals surface area contributed by atoms with Gasteiger partial charge >= 0.3 is 0 Å². The van der Waals surface area contributed by atoms with E-state index >= 15 is 0 Å². The molecule has 0 radical (unpaired) electrons. The summed E-state index contributed by atoms with van der Waals surface area (Å²) in [6, 6.07) is 0.654. The summed E-state index contributed by atoms with van der Waals surface area (Å²) in [6.07, 6.45) is 10.2. The second-order valence-electron chi connectivity index (χ2n) is 5.96. The van der Waals surface area contributed by atoms with Gasteiger partial charge in [0.2, 0.25) is 5.91 Å². The first-order valence-corrected chi connectivity index (χ1v) is 9.19. The Bertz CT molecular complexity index is 273. The Hall–Kier alpha value is -0.220. The summed E-state index contributed by atoms with van der Waals surface area (Å²) in [6.45, 7) is 3.13. The van der Waals surface area contributed by atoms with Crippen LogP contribution < -0.4 is 5.32 Å². The number of thioether (sulfide) groups is 1. The third-order valence-corrected chi connectivity index (χ3v) is 4.93. The van der Waals surface area contributed by atoms with Gasteiger partial charge in [-0.25, -0.2) is 0 Å². The monoisotopic (exact) mass is 284 g/mol. The molecule has 3 nitrogen and oxygen atoms in total. The molecule has 19 heavy (non-hydrogen) atoms. The highest BCUT2D eigenvalue weighted by Crippen LogP contribution is 2.28. The van der Waals surface area contributed by atoms with Gasteiger partial charge < -0.3 is 10.2 Å². The number of likely N-dealkylation sites (tertiary alicyclic amines) is 1. The topological polar surface area (TPSA) is 32.3 Å². The van der Waals surface area contributed by atoms with E-state index in [9.17, 15) is 4.79 Å². The first-order valence-electron chi connectivity index (χ1n) is 7.79. The molecule has 1 aliphatic carbocycles. The molecule has 0 unspecified atom stereocenters. The van der Waals surface area contributed by atoms with E-state index < -0.39 is 0 Å². The molecule has 0 bridgehead atoms. The van der Waals surface area contributed by atoms with Crippen molar-refractivity contribution in [3.8, 4) is 0 Å². The molecule has 0 aromatic heterocycles. The molecular formula is C15H28N2OS. The third kappa shape index (κ3) is 5.74. The molecule has 1 N–H and O–H groups in total. The summed E-state index contributed by atoms with van der Waals surface area (Å²) < 4.78 is 0. The fourth-order valence-electron chi connectivity index (χ4n) is 2.67. The maximum absolute atomic E-state index is 12.0. The van der Waals surface area contributed by atoms with Crippen LogP contribution in [0, 0.1) is 5.92 Å². The van der Waals surface area contributed by atoms with Crippen LogP contribution in [0.4, 0.5) is 0 Å². The average Bonchev–Trinajstić information content (AvgIpc) is 3.26. The predicted octanol–water partition coefficient (Wildman–Crippen LogP) is 2.51. The van der Waals surface area contributed by atoms with Crippen LogP contribution in [0.15, 0.2) is 0 Å². The Labute approximate surface area is 121 Å². The maximum atomic E-state index is 12.0. The van der Waals surface area contributed by atoms with Gasteiger partial charge in [-0.3, -0.25) is 4.79 Å². The van der Waals surface area contributed by atoms with Crippen LogP contribution in [0.2, 0.25) is 0 Å². The summed E-state index contributed by atoms with van der Waals surface area (Å²) in [4.78, 5) is 14.1. The molecule has 2 fully saturated rings. The number of hydrogen-bond donors (Lipinski definition) is 1. The number of amides is 1. The van der Waals surface area contributed by atoms with E-state index in [0.29, 0.717) is 11.9 Å². The minimum atomic E-state index is 0.377. The number of piperidine rings is 1. The van der Waals surface area contributed by atoms with Crippen LogP contribution in [0.5, 0.6) is 0 Å². The number of carbonyl (C=O) groups excluding carboxylic acids is 1. The maximum Gasteiger partial charge on any atom is 0.222 e. The number of nitrogens with zero attached hydrogens (tertiary/aromatic N) is 1. The van der Waals surface area contributed by atoms with Crippen LogP contribution in [0.25, 0.3) is 0 Å². The largest absolute Gasteiger partial charge is 0.343 e. The molecule has 0 spiro atoms. The van der Waals surface area contributed by atoms with E-state index in [1.807, 2.05) is 11.8 Å². The summed E-state index contributed by atoms with van der Waals surface area (Å²) in [5, 5.41) is 3.66. The van der Waals surface area contributed by atoms with Crippen molar-refractivity contribution in [2.24, 2.45) is 5.92 Å². The minimum Gasteiger partial charge on any atom is -0.343 e. The molecule has 2 aliphatic rings. The lowest BCUT2D eigenvalue weighted by atomic mass is 10.0. The Balaban J connectivity index is 1.54. The first-order chi connectivity index (χ1) is 9.29. The quantitative estimate of drug-likeness (QED) is 0.695. The van der Waals surface area contributed by atoms with Crippen molar-refractivity contribution < 1.29 is 4.79 Å². The lowest BCUT2D eigenvalue weighted by Crippen LogP contribution is -2.45. The normalized spacial score (nSPS) is 20.8. The van der Waals surface area contributed by atoms with E-state index in [-0.39, 0.29) is 0 Å². The van der Waals surface area contributed by atoms with Crippen molar-refractivity contribution in [2.45, 2.75) is 51.0 Å². The molecule has 1 heterocycles. The SMILES string of the molecule is CSCCCCC(=O)N1CCC(NCC2CC2)CC1. The zero-order valence-corrected chi connectivity index (χ0v) is 13.0. The molecule has 1 amide bonds. The Morgan fingerprint density at radius 1 is 1.21 bits per heavy atom. The van der Waals surface area contributed by atoms with Crippen molar-refractivity contribution >= 4 is 17.7 Å². The van der Waals surface area contributed by atoms with E-state index in [1.165, 1.54) is 31.6 Å². The second-order valence-corrected chi connectivity index (χ2v) is 6.94. The average molecular weight is 284 g/mol. The van der Waals surface area contributed by atoms with Crippen LogP contribution in [0.1, 0.15) is 44.9 Å². The number of hydrogen-bond acceptors (Lipinski definition) is 3. The summed E-state index contributed by atoms with van der Waals surface area (Å²) in [7, 11) is 0. The molecule has 0 atom stereocenters. The van der Waals surface area contributed by atoms with Crippen LogP contribution >= 0.6 is 11.8 Å². The molecule has 1 saturated carbocycles. The van der Waals surface area contributed by atoms with Crippen molar-refractivity contribution in [1.82, 2.24) is 10.2 Å². The zero-order valence-electron chi connectivity index (χ0n) is 12.2. The number of carbonyl (C=O) groups is 1. The van der Waals surface area contributed by atoms with Crippen LogP contribution in [-0.2, 0) is 4.79 Å². The van der Waals surface area contributed by atoms with Gasteiger partial charge in [-0.1, -0.05) is 0 Å². The van der Waals surface area contributed by atoms with Gasteiger partial charge in [0.05, 0.1) is 0 Å². The van der Waals surface area contributed by atoms with Gasteiger partial charge in [0.15, 0.2) is 0 Å². The Morgan fingerprint density at radius 3 is 2.58 bits per heavy atom. The van der Waals surface area contributed by atoms with Gasteiger partial charge in [0.1, 0.15) is 0 Å². The molecule has 110 valence electrons. The third-order valence-electron chi connectivity index (χ3n) is 4.23. The predicted molar refractivity (Wildman–Crippen MR) is 82.6 cm³/mol. The number of nitrogens with one attached hydrogen (secondary N) is 1. The first kappa shape index (κ1) is 15.2. The van der Waals surface area contributed by atoms with Crippen LogP contribution in [-0.4, -0.2) is 48.5 Å². The molecule has 0 aromatic rings. The standard InChI is InChI=1S/C15H28N2OS/c1-19-11-3-2-4-15(18)17-9-7-14(8-10-17)16-12-13-5-6-13/h13-14,16H,2-12H2,1H3. The van der Waals surface area contributed by atoms with Crippen LogP contribution in [0.3, 0.4) is 0 Å². The Kier molecular flexibility index (Phi) is 6.51. The highest BCUT2D eigenvalue weighted by molar-refractivity contribution is 7.98. The zero-order chi connectivity index (χ0) is 13.5. The van der Waals surface area contributed by atoms with Crippen molar-refractivity contribution in [1.29, 1.82) is 0 Å². The van der Waals surface area contributed by atoms with Crippen molar-refractivity contribution in [3.05, 3.63) is 0 Å². The molecule has 4 heteroatoms. The number of rotatable bonds is 8. The molecule has 2 rings (SSSR count).